The third kappa shape index (κ3) is 2.81. The van der Waals surface area contributed by atoms with E-state index >= 15 is 0 Å². The number of benzene rings is 1. The second kappa shape index (κ2) is 4.82. The number of carboxylic acids is 1. The van der Waals surface area contributed by atoms with E-state index in [1.54, 1.807) is 0 Å². The SMILES string of the molecule is N=NN(C(=N)C(F)(F)F)c1ccc(C(=O)O)cc1. The van der Waals surface area contributed by atoms with Gasteiger partial charge in [-0.05, 0) is 24.3 Å². The average Bonchev–Trinajstić information content (AvgIpc) is 2.29. The molecule has 0 saturated carbocycles. The molecule has 0 aromatic heterocycles. The molecular weight excluding hydrogens is 253 g/mol. The van der Waals surface area contributed by atoms with Crippen LogP contribution in [0.5, 0.6) is 0 Å². The van der Waals surface area contributed by atoms with Crippen LogP contribution < -0.4 is 5.01 Å². The number of carboxylic acid groups (broad SMARTS) is 1. The molecule has 0 bridgehead atoms. The second-order valence-electron chi connectivity index (χ2n) is 3.11. The maximum atomic E-state index is 12.3. The number of halogens is 3. The highest BCUT2D eigenvalue weighted by Crippen LogP contribution is 2.24. The number of nitrogens with zero attached hydrogens (tertiary/aromatic N) is 2. The molecule has 0 aliphatic carbocycles. The Kier molecular flexibility index (Phi) is 3.64. The van der Waals surface area contributed by atoms with Crippen LogP contribution in [0.1, 0.15) is 10.4 Å². The third-order valence-corrected chi connectivity index (χ3v) is 1.94. The van der Waals surface area contributed by atoms with Gasteiger partial charge in [0.2, 0.25) is 5.84 Å². The number of aromatic carboxylic acids is 1. The van der Waals surface area contributed by atoms with Crippen LogP contribution in [0.15, 0.2) is 29.5 Å². The molecule has 0 saturated heterocycles. The van der Waals surface area contributed by atoms with Crippen LogP contribution in [0.2, 0.25) is 0 Å². The molecule has 1 aromatic carbocycles. The number of amidine groups is 1. The monoisotopic (exact) mass is 260 g/mol. The van der Waals surface area contributed by atoms with Crippen molar-refractivity contribution in [2.75, 3.05) is 5.01 Å². The summed E-state index contributed by atoms with van der Waals surface area (Å²) in [6.07, 6.45) is -4.95. The van der Waals surface area contributed by atoms with Crippen LogP contribution >= 0.6 is 0 Å². The summed E-state index contributed by atoms with van der Waals surface area (Å²) >= 11 is 0. The minimum Gasteiger partial charge on any atom is -0.478 e. The highest BCUT2D eigenvalue weighted by Gasteiger charge is 2.39. The van der Waals surface area contributed by atoms with Crippen molar-refractivity contribution in [3.05, 3.63) is 29.8 Å². The van der Waals surface area contributed by atoms with Crippen molar-refractivity contribution in [2.45, 2.75) is 6.18 Å². The Bertz CT molecular complexity index is 484. The lowest BCUT2D eigenvalue weighted by molar-refractivity contribution is -0.0610. The van der Waals surface area contributed by atoms with Crippen LogP contribution in [0, 0.1) is 10.9 Å². The van der Waals surface area contributed by atoms with Gasteiger partial charge in [-0.3, -0.25) is 5.41 Å². The zero-order chi connectivity index (χ0) is 13.9. The van der Waals surface area contributed by atoms with Gasteiger partial charge >= 0.3 is 12.1 Å². The lowest BCUT2D eigenvalue weighted by atomic mass is 10.2. The van der Waals surface area contributed by atoms with Crippen molar-refractivity contribution in [3.63, 3.8) is 0 Å². The molecule has 0 amide bonds. The van der Waals surface area contributed by atoms with Crippen molar-refractivity contribution in [2.24, 2.45) is 5.22 Å². The topological polar surface area (TPSA) is 101 Å². The molecule has 1 rings (SSSR count). The first-order valence-electron chi connectivity index (χ1n) is 4.44. The van der Waals surface area contributed by atoms with Crippen LogP contribution in [-0.4, -0.2) is 23.1 Å². The molecule has 0 aliphatic rings. The Labute approximate surface area is 98.6 Å². The summed E-state index contributed by atoms with van der Waals surface area (Å²) in [6.45, 7) is 0. The largest absolute Gasteiger partial charge is 0.478 e. The second-order valence-corrected chi connectivity index (χ2v) is 3.11. The standard InChI is InChI=1S/C9H7F3N4O2/c10-9(11,12)8(13)16(15-14)6-3-1-5(2-4-6)7(17)18/h1-4,13-14H,(H,17,18). The van der Waals surface area contributed by atoms with Gasteiger partial charge in [0.15, 0.2) is 0 Å². The summed E-state index contributed by atoms with van der Waals surface area (Å²) in [7, 11) is 0. The summed E-state index contributed by atoms with van der Waals surface area (Å²) in [6, 6.07) is 4.17. The van der Waals surface area contributed by atoms with E-state index in [0.29, 0.717) is 0 Å². The number of hydrogen-bond donors (Lipinski definition) is 3. The Balaban J connectivity index is 3.07. The fourth-order valence-corrected chi connectivity index (χ4v) is 1.10. The summed E-state index contributed by atoms with van der Waals surface area (Å²) < 4.78 is 36.8. The lowest BCUT2D eigenvalue weighted by Gasteiger charge is -2.19. The molecule has 1 aromatic rings. The smallest absolute Gasteiger partial charge is 0.451 e. The maximum Gasteiger partial charge on any atom is 0.451 e. The minimum absolute atomic E-state index is 0.0473. The quantitative estimate of drug-likeness (QED) is 0.337. The lowest BCUT2D eigenvalue weighted by Crippen LogP contribution is -2.36. The molecule has 9 heteroatoms. The van der Waals surface area contributed by atoms with Crippen molar-refractivity contribution < 1.29 is 23.1 Å². The molecule has 0 heterocycles. The zero-order valence-corrected chi connectivity index (χ0v) is 8.69. The van der Waals surface area contributed by atoms with E-state index in [-0.39, 0.29) is 16.3 Å². The summed E-state index contributed by atoms with van der Waals surface area (Å²) in [5.41, 5.74) is 6.29. The van der Waals surface area contributed by atoms with E-state index in [9.17, 15) is 18.0 Å². The number of nitrogens with one attached hydrogen (secondary N) is 2. The van der Waals surface area contributed by atoms with Gasteiger partial charge in [-0.2, -0.15) is 23.7 Å². The van der Waals surface area contributed by atoms with E-state index in [4.69, 9.17) is 16.0 Å². The fraction of sp³-hybridized carbons (Fsp3) is 0.111. The van der Waals surface area contributed by atoms with Crippen LogP contribution in [0.4, 0.5) is 18.9 Å². The molecule has 0 spiro atoms. The minimum atomic E-state index is -4.95. The number of carbonyl (C=O) groups is 1. The average molecular weight is 260 g/mol. The van der Waals surface area contributed by atoms with Crippen molar-refractivity contribution in [1.82, 2.24) is 0 Å². The van der Waals surface area contributed by atoms with E-state index in [1.165, 1.54) is 0 Å². The third-order valence-electron chi connectivity index (χ3n) is 1.94. The van der Waals surface area contributed by atoms with E-state index < -0.39 is 18.0 Å². The first-order valence-corrected chi connectivity index (χ1v) is 4.44. The molecule has 0 atom stereocenters. The molecule has 3 N–H and O–H groups in total. The Morgan fingerprint density at radius 3 is 2.11 bits per heavy atom. The zero-order valence-electron chi connectivity index (χ0n) is 8.69. The molecule has 0 radical (unpaired) electrons. The van der Waals surface area contributed by atoms with Gasteiger partial charge in [-0.25, -0.2) is 4.79 Å². The molecule has 0 fully saturated rings. The van der Waals surface area contributed by atoms with Crippen LogP contribution in [0.3, 0.4) is 0 Å². The highest BCUT2D eigenvalue weighted by atomic mass is 19.4. The van der Waals surface area contributed by atoms with Gasteiger partial charge in [0.05, 0.1) is 11.3 Å². The number of hydrogen-bond acceptors (Lipinski definition) is 4. The number of rotatable bonds is 3. The van der Waals surface area contributed by atoms with E-state index in [0.717, 1.165) is 24.3 Å². The van der Waals surface area contributed by atoms with Gasteiger partial charge < -0.3 is 5.11 Å². The Hall–Kier alpha value is -2.45. The Morgan fingerprint density at radius 1 is 1.28 bits per heavy atom. The van der Waals surface area contributed by atoms with Crippen molar-refractivity contribution >= 4 is 17.5 Å². The Morgan fingerprint density at radius 2 is 1.78 bits per heavy atom. The molecule has 18 heavy (non-hydrogen) atoms. The van der Waals surface area contributed by atoms with Crippen LogP contribution in [-0.2, 0) is 0 Å². The maximum absolute atomic E-state index is 12.3. The van der Waals surface area contributed by atoms with E-state index in [1.807, 2.05) is 0 Å². The molecule has 96 valence electrons. The first kappa shape index (κ1) is 13.6. The normalized spacial score (nSPS) is 10.8. The first-order chi connectivity index (χ1) is 8.27. The van der Waals surface area contributed by atoms with Gasteiger partial charge in [0.1, 0.15) is 0 Å². The van der Waals surface area contributed by atoms with Crippen molar-refractivity contribution in [3.8, 4) is 0 Å². The highest BCUT2D eigenvalue weighted by molar-refractivity contribution is 5.99. The molecule has 0 aliphatic heterocycles. The molecular formula is C9H7F3N4O2. The fourth-order valence-electron chi connectivity index (χ4n) is 1.10. The predicted molar refractivity (Wildman–Crippen MR) is 54.8 cm³/mol. The predicted octanol–water partition coefficient (Wildman–Crippen LogP) is 2.68. The van der Waals surface area contributed by atoms with E-state index in [2.05, 4.69) is 5.22 Å². The molecule has 6 nitrogen and oxygen atoms in total. The summed E-state index contributed by atoms with van der Waals surface area (Å²) in [5, 5.41) is 18.1. The molecule has 0 unspecified atom stereocenters. The van der Waals surface area contributed by atoms with Gasteiger partial charge in [0.25, 0.3) is 0 Å². The van der Waals surface area contributed by atoms with Gasteiger partial charge in [-0.1, -0.05) is 5.22 Å². The summed E-state index contributed by atoms with van der Waals surface area (Å²) in [4.78, 5) is 10.5. The number of anilines is 1. The van der Waals surface area contributed by atoms with Gasteiger partial charge in [0, 0.05) is 0 Å². The van der Waals surface area contributed by atoms with Crippen molar-refractivity contribution in [1.29, 1.82) is 10.9 Å². The summed E-state index contributed by atoms with van der Waals surface area (Å²) in [5.74, 6) is -3.07. The number of alkyl halides is 3. The van der Waals surface area contributed by atoms with Gasteiger partial charge in [-0.15, -0.1) is 0 Å². The van der Waals surface area contributed by atoms with Crippen LogP contribution in [0.25, 0.3) is 0 Å².